The number of rotatable bonds is 6. The molecule has 158 valence electrons. The van der Waals surface area contributed by atoms with Crippen LogP contribution >= 0.6 is 0 Å². The van der Waals surface area contributed by atoms with E-state index in [1.54, 1.807) is 0 Å². The van der Waals surface area contributed by atoms with Crippen LogP contribution in [0.2, 0.25) is 0 Å². The summed E-state index contributed by atoms with van der Waals surface area (Å²) in [4.78, 5) is 37.8. The fourth-order valence-electron chi connectivity index (χ4n) is 3.77. The van der Waals surface area contributed by atoms with Gasteiger partial charge in [-0.3, -0.25) is 9.59 Å². The maximum absolute atomic E-state index is 12.6. The average molecular weight is 429 g/mol. The van der Waals surface area contributed by atoms with Crippen molar-refractivity contribution in [3.63, 3.8) is 0 Å². The molecule has 2 amide bonds. The van der Waals surface area contributed by atoms with Crippen LogP contribution in [0.3, 0.4) is 0 Å². The number of allylic oxidation sites excluding steroid dienone is 2. The van der Waals surface area contributed by atoms with E-state index in [1.165, 1.54) is 10.3 Å². The van der Waals surface area contributed by atoms with Gasteiger partial charge in [-0.1, -0.05) is 35.9 Å². The summed E-state index contributed by atoms with van der Waals surface area (Å²) in [7, 11) is 0. The molecule has 2 atom stereocenters. The van der Waals surface area contributed by atoms with Gasteiger partial charge in [-0.2, -0.15) is 0 Å². The summed E-state index contributed by atoms with van der Waals surface area (Å²) in [6, 6.07) is 7.12. The largest absolute Gasteiger partial charge is 0.480 e. The summed E-state index contributed by atoms with van der Waals surface area (Å²) in [5.41, 5.74) is 3.79. The Hall–Kier alpha value is -3.00. The highest BCUT2D eigenvalue weighted by Gasteiger charge is 2.38. The third-order valence-corrected chi connectivity index (χ3v) is 5.88. The number of aliphatic carboxylic acids is 1. The normalized spacial score (nSPS) is 20.8. The van der Waals surface area contributed by atoms with Crippen molar-refractivity contribution in [1.82, 2.24) is 10.2 Å². The van der Waals surface area contributed by atoms with Crippen LogP contribution in [0.15, 0.2) is 42.0 Å². The van der Waals surface area contributed by atoms with Gasteiger partial charge in [0.05, 0.1) is 17.8 Å². The predicted octanol–water partition coefficient (Wildman–Crippen LogP) is 1.53. The summed E-state index contributed by atoms with van der Waals surface area (Å²) < 4.78 is 10.7. The Morgan fingerprint density at radius 2 is 2.00 bits per heavy atom. The van der Waals surface area contributed by atoms with E-state index in [0.29, 0.717) is 5.57 Å². The van der Waals surface area contributed by atoms with E-state index in [4.69, 9.17) is 0 Å². The summed E-state index contributed by atoms with van der Waals surface area (Å²) >= 11 is 0.273. The van der Waals surface area contributed by atoms with Gasteiger partial charge in [0.2, 0.25) is 5.91 Å². The van der Waals surface area contributed by atoms with Gasteiger partial charge in [0.1, 0.15) is 6.04 Å². The minimum atomic E-state index is -1.11. The van der Waals surface area contributed by atoms with E-state index in [0.717, 1.165) is 29.5 Å². The number of hydrogen-bond donors (Lipinski definition) is 2. The van der Waals surface area contributed by atoms with Crippen molar-refractivity contribution in [3.05, 3.63) is 53.1 Å². The zero-order valence-electron chi connectivity index (χ0n) is 16.7. The van der Waals surface area contributed by atoms with Crippen molar-refractivity contribution in [3.8, 4) is 0 Å². The highest BCUT2D eigenvalue weighted by Crippen LogP contribution is 2.27. The van der Waals surface area contributed by atoms with Gasteiger partial charge < -0.3 is 15.3 Å². The van der Waals surface area contributed by atoms with Crippen LogP contribution in [0.25, 0.3) is 5.57 Å². The predicted molar refractivity (Wildman–Crippen MR) is 115 cm³/mol. The van der Waals surface area contributed by atoms with E-state index in [9.17, 15) is 23.7 Å². The van der Waals surface area contributed by atoms with Crippen LogP contribution in [0.4, 0.5) is 0 Å². The lowest BCUT2D eigenvalue weighted by Crippen LogP contribution is -2.45. The van der Waals surface area contributed by atoms with E-state index in [2.05, 4.69) is 5.32 Å². The Balaban J connectivity index is 1.62. The van der Waals surface area contributed by atoms with Crippen LogP contribution in [-0.2, 0) is 25.6 Å². The standard InChI is InChI=1S/C22H24N2O5S/c1-14-5-7-16(8-6-14)17-3-2-4-18(10-17)21(26)23-11-20(25)24-12-15(13-30-29)9-19(24)22(27)28/h4-8,10,13,15,19H,2-3,9,11-12H2,1H3,(H,23,26)(H,27,28). The lowest BCUT2D eigenvalue weighted by Gasteiger charge is -2.22. The summed E-state index contributed by atoms with van der Waals surface area (Å²) in [5.74, 6) is -2.21. The molecule has 0 saturated carbocycles. The Kier molecular flexibility index (Phi) is 6.99. The molecule has 1 heterocycles. The highest BCUT2D eigenvalue weighted by molar-refractivity contribution is 7.64. The fourth-order valence-corrected chi connectivity index (χ4v) is 4.12. The molecule has 2 N–H and O–H groups in total. The maximum atomic E-state index is 12.6. The van der Waals surface area contributed by atoms with Crippen LogP contribution in [-0.4, -0.2) is 56.5 Å². The number of carboxylic acids is 1. The molecular formula is C22H24N2O5S. The van der Waals surface area contributed by atoms with E-state index < -0.39 is 17.9 Å². The first kappa shape index (κ1) is 21.7. The summed E-state index contributed by atoms with van der Waals surface area (Å²) in [6.07, 6.45) is 5.44. The van der Waals surface area contributed by atoms with Crippen LogP contribution in [0, 0.1) is 12.8 Å². The fraction of sp³-hybridized carbons (Fsp3) is 0.364. The summed E-state index contributed by atoms with van der Waals surface area (Å²) in [5, 5.41) is 13.4. The second-order valence-electron chi connectivity index (χ2n) is 7.54. The number of carbonyl (C=O) groups excluding carboxylic acids is 2. The van der Waals surface area contributed by atoms with Gasteiger partial charge in [-0.25, -0.2) is 9.00 Å². The van der Waals surface area contributed by atoms with Gasteiger partial charge in [0.15, 0.2) is 0 Å². The van der Waals surface area contributed by atoms with Gasteiger partial charge >= 0.3 is 5.97 Å². The SMILES string of the molecule is Cc1ccc(C2=CC(C(=O)NCC(=O)N3CC(C=S=O)CC3C(=O)O)=CCC2)cc1. The zero-order valence-corrected chi connectivity index (χ0v) is 17.5. The van der Waals surface area contributed by atoms with E-state index in [-0.39, 0.29) is 42.6 Å². The van der Waals surface area contributed by atoms with Crippen molar-refractivity contribution in [2.75, 3.05) is 13.1 Å². The Bertz CT molecular complexity index is 960. The number of benzene rings is 1. The number of nitrogens with zero attached hydrogens (tertiary/aromatic N) is 1. The minimum Gasteiger partial charge on any atom is -0.480 e. The topological polar surface area (TPSA) is 104 Å². The lowest BCUT2D eigenvalue weighted by atomic mass is 9.93. The number of amides is 2. The van der Waals surface area contributed by atoms with E-state index >= 15 is 0 Å². The molecule has 0 radical (unpaired) electrons. The Morgan fingerprint density at radius 1 is 1.27 bits per heavy atom. The lowest BCUT2D eigenvalue weighted by molar-refractivity contribution is -0.148. The van der Waals surface area contributed by atoms with Crippen LogP contribution in [0.5, 0.6) is 0 Å². The molecule has 2 unspecified atom stereocenters. The van der Waals surface area contributed by atoms with Crippen molar-refractivity contribution >= 4 is 40.0 Å². The molecule has 0 spiro atoms. The first-order valence-electron chi connectivity index (χ1n) is 9.79. The molecular weight excluding hydrogens is 404 g/mol. The molecule has 1 fully saturated rings. The second-order valence-corrected chi connectivity index (χ2v) is 8.01. The molecule has 1 aliphatic carbocycles. The maximum Gasteiger partial charge on any atom is 0.326 e. The molecule has 2 aliphatic rings. The highest BCUT2D eigenvalue weighted by atomic mass is 32.1. The Labute approximate surface area is 178 Å². The number of carboxylic acid groups (broad SMARTS) is 1. The van der Waals surface area contributed by atoms with Crippen LogP contribution in [0.1, 0.15) is 30.4 Å². The quantitative estimate of drug-likeness (QED) is 0.669. The molecule has 8 heteroatoms. The molecule has 7 nitrogen and oxygen atoms in total. The zero-order chi connectivity index (χ0) is 21.7. The molecule has 1 aromatic rings. The monoisotopic (exact) mass is 428 g/mol. The average Bonchev–Trinajstić information content (AvgIpc) is 3.17. The molecule has 1 aromatic carbocycles. The van der Waals surface area contributed by atoms with Crippen molar-refractivity contribution in [2.24, 2.45) is 5.92 Å². The number of aryl methyl sites for hydroxylation is 1. The number of likely N-dealkylation sites (tertiary alicyclic amines) is 1. The summed E-state index contributed by atoms with van der Waals surface area (Å²) in [6.45, 7) is 1.90. The van der Waals surface area contributed by atoms with E-state index in [1.807, 2.05) is 43.3 Å². The molecule has 0 bridgehead atoms. The van der Waals surface area contributed by atoms with Crippen molar-refractivity contribution < 1.29 is 23.7 Å². The number of nitrogens with one attached hydrogen (secondary N) is 1. The second kappa shape index (κ2) is 9.67. The first-order chi connectivity index (χ1) is 14.4. The molecule has 0 aromatic heterocycles. The number of carbonyl (C=O) groups is 3. The molecule has 1 aliphatic heterocycles. The van der Waals surface area contributed by atoms with Crippen molar-refractivity contribution in [2.45, 2.75) is 32.2 Å². The number of hydrogen-bond acceptors (Lipinski definition) is 4. The molecule has 1 saturated heterocycles. The van der Waals surface area contributed by atoms with Crippen LogP contribution < -0.4 is 5.32 Å². The third kappa shape index (κ3) is 5.13. The smallest absolute Gasteiger partial charge is 0.326 e. The van der Waals surface area contributed by atoms with Gasteiger partial charge in [-0.15, -0.1) is 0 Å². The first-order valence-corrected chi connectivity index (χ1v) is 10.6. The Morgan fingerprint density at radius 3 is 2.67 bits per heavy atom. The van der Waals surface area contributed by atoms with Crippen molar-refractivity contribution in [1.29, 1.82) is 0 Å². The molecule has 30 heavy (non-hydrogen) atoms. The third-order valence-electron chi connectivity index (χ3n) is 5.38. The van der Waals surface area contributed by atoms with Gasteiger partial charge in [-0.05, 0) is 43.4 Å². The van der Waals surface area contributed by atoms with Gasteiger partial charge in [0.25, 0.3) is 5.91 Å². The van der Waals surface area contributed by atoms with Gasteiger partial charge in [0, 0.05) is 23.4 Å². The minimum absolute atomic E-state index is 0.168. The molecule has 3 rings (SSSR count).